The number of hydrogen-bond acceptors (Lipinski definition) is 5. The predicted octanol–water partition coefficient (Wildman–Crippen LogP) is 13.8. The molecule has 0 bridgehead atoms. The fraction of sp³-hybridized carbons (Fsp3) is 0. The Balaban J connectivity index is 1.12. The topological polar surface area (TPSA) is 65.0 Å². The summed E-state index contributed by atoms with van der Waals surface area (Å²) in [7, 11) is 0. The third kappa shape index (κ3) is 4.71. The maximum atomic E-state index is 6.78. The Labute approximate surface area is 320 Å². The third-order valence-corrected chi connectivity index (χ3v) is 11.1. The molecule has 0 spiro atoms. The molecule has 0 atom stereocenters. The van der Waals surface area contributed by atoms with Crippen molar-refractivity contribution in [3.63, 3.8) is 0 Å². The highest BCUT2D eigenvalue weighted by Gasteiger charge is 2.21. The Hall–Kier alpha value is -7.63. The van der Waals surface area contributed by atoms with E-state index in [-0.39, 0.29) is 0 Å². The molecule has 0 saturated heterocycles. The number of benzene rings is 9. The van der Waals surface area contributed by atoms with Gasteiger partial charge in [0, 0.05) is 43.6 Å². The number of fused-ring (bicyclic) bond motifs is 10. The zero-order chi connectivity index (χ0) is 36.7. The molecule has 12 rings (SSSR count). The summed E-state index contributed by atoms with van der Waals surface area (Å²) in [5.74, 6) is 1.82. The van der Waals surface area contributed by atoms with Gasteiger partial charge < -0.3 is 8.83 Å². The summed E-state index contributed by atoms with van der Waals surface area (Å²) in [4.78, 5) is 15.5. The van der Waals surface area contributed by atoms with Crippen molar-refractivity contribution < 1.29 is 8.83 Å². The smallest absolute Gasteiger partial charge is 0.164 e. The van der Waals surface area contributed by atoms with Gasteiger partial charge in [0.15, 0.2) is 17.5 Å². The van der Waals surface area contributed by atoms with Gasteiger partial charge in [-0.3, -0.25) is 0 Å². The predicted molar refractivity (Wildman–Crippen MR) is 229 cm³/mol. The summed E-state index contributed by atoms with van der Waals surface area (Å²) < 4.78 is 13.2. The van der Waals surface area contributed by atoms with Crippen molar-refractivity contribution in [1.82, 2.24) is 15.0 Å². The Morgan fingerprint density at radius 1 is 0.304 bits per heavy atom. The van der Waals surface area contributed by atoms with E-state index in [2.05, 4.69) is 133 Å². The van der Waals surface area contributed by atoms with E-state index in [1.165, 1.54) is 5.39 Å². The minimum atomic E-state index is 0.586. The van der Waals surface area contributed by atoms with Crippen LogP contribution in [0.3, 0.4) is 0 Å². The number of furan rings is 2. The Morgan fingerprint density at radius 2 is 0.946 bits per heavy atom. The van der Waals surface area contributed by atoms with Gasteiger partial charge >= 0.3 is 0 Å². The maximum absolute atomic E-state index is 6.78. The lowest BCUT2D eigenvalue weighted by Crippen LogP contribution is -2.00. The second kappa shape index (κ2) is 11.9. The molecule has 260 valence electrons. The molecule has 0 aliphatic heterocycles. The van der Waals surface area contributed by atoms with Gasteiger partial charge in [0.2, 0.25) is 0 Å². The molecule has 5 nitrogen and oxygen atoms in total. The van der Waals surface area contributed by atoms with Crippen LogP contribution in [0.5, 0.6) is 0 Å². The van der Waals surface area contributed by atoms with Gasteiger partial charge in [0.1, 0.15) is 22.3 Å². The quantitative estimate of drug-likeness (QED) is 0.181. The largest absolute Gasteiger partial charge is 0.456 e. The van der Waals surface area contributed by atoms with Gasteiger partial charge in [-0.1, -0.05) is 140 Å². The molecule has 3 heterocycles. The lowest BCUT2D eigenvalue weighted by atomic mass is 9.93. The highest BCUT2D eigenvalue weighted by Crippen LogP contribution is 2.44. The fourth-order valence-electron chi connectivity index (χ4n) is 8.46. The molecule has 0 amide bonds. The average Bonchev–Trinajstić information content (AvgIpc) is 3.83. The molecule has 0 fully saturated rings. The van der Waals surface area contributed by atoms with Crippen molar-refractivity contribution in [2.45, 2.75) is 0 Å². The van der Waals surface area contributed by atoms with Crippen LogP contribution in [0.1, 0.15) is 0 Å². The first-order chi connectivity index (χ1) is 27.7. The molecule has 0 N–H and O–H groups in total. The molecule has 56 heavy (non-hydrogen) atoms. The lowest BCUT2D eigenvalue weighted by Gasteiger charge is -2.11. The van der Waals surface area contributed by atoms with Crippen LogP contribution in [0.2, 0.25) is 0 Å². The summed E-state index contributed by atoms with van der Waals surface area (Å²) in [5.41, 5.74) is 8.33. The summed E-state index contributed by atoms with van der Waals surface area (Å²) in [6.07, 6.45) is 0. The first kappa shape index (κ1) is 30.8. The number of hydrogen-bond donors (Lipinski definition) is 0. The highest BCUT2D eigenvalue weighted by atomic mass is 16.3. The van der Waals surface area contributed by atoms with E-state index in [0.29, 0.717) is 17.5 Å². The van der Waals surface area contributed by atoms with Crippen molar-refractivity contribution in [3.05, 3.63) is 176 Å². The van der Waals surface area contributed by atoms with Crippen LogP contribution in [0, 0.1) is 0 Å². The normalized spacial score (nSPS) is 11.9. The maximum Gasteiger partial charge on any atom is 0.164 e. The van der Waals surface area contributed by atoms with Crippen molar-refractivity contribution in [2.75, 3.05) is 0 Å². The van der Waals surface area contributed by atoms with Crippen LogP contribution < -0.4 is 0 Å². The van der Waals surface area contributed by atoms with Crippen LogP contribution in [0.4, 0.5) is 0 Å². The van der Waals surface area contributed by atoms with E-state index in [0.717, 1.165) is 98.6 Å². The molecule has 12 aromatic rings. The van der Waals surface area contributed by atoms with Crippen LogP contribution in [-0.4, -0.2) is 15.0 Å². The minimum Gasteiger partial charge on any atom is -0.456 e. The molecular weight excluding hydrogens is 687 g/mol. The van der Waals surface area contributed by atoms with Crippen LogP contribution in [0.15, 0.2) is 185 Å². The highest BCUT2D eigenvalue weighted by molar-refractivity contribution is 6.22. The second-order valence-corrected chi connectivity index (χ2v) is 14.3. The van der Waals surface area contributed by atoms with Gasteiger partial charge in [-0.2, -0.15) is 0 Å². The first-order valence-electron chi connectivity index (χ1n) is 18.8. The minimum absolute atomic E-state index is 0.586. The molecule has 5 heteroatoms. The SMILES string of the molecule is c1ccc(-c2nc(-c3cccc4ccccc34)nc(-c3cccc4oc5c6ccccc6c(-c6ccc7oc8cc9ccccc9cc8c7c6)cc5c34)n2)cc1. The Kier molecular flexibility index (Phi) is 6.56. The monoisotopic (exact) mass is 715 g/mol. The van der Waals surface area contributed by atoms with E-state index < -0.39 is 0 Å². The van der Waals surface area contributed by atoms with Gasteiger partial charge in [0.05, 0.1) is 0 Å². The zero-order valence-corrected chi connectivity index (χ0v) is 29.9. The molecule has 3 aromatic heterocycles. The number of rotatable bonds is 4. The van der Waals surface area contributed by atoms with Crippen molar-refractivity contribution in [1.29, 1.82) is 0 Å². The third-order valence-electron chi connectivity index (χ3n) is 11.1. The Morgan fingerprint density at radius 3 is 1.80 bits per heavy atom. The van der Waals surface area contributed by atoms with Crippen LogP contribution in [0.25, 0.3) is 121 Å². The van der Waals surface area contributed by atoms with Gasteiger partial charge in [-0.25, -0.2) is 15.0 Å². The first-order valence-corrected chi connectivity index (χ1v) is 18.8. The number of aromatic nitrogens is 3. The molecule has 9 aromatic carbocycles. The summed E-state index contributed by atoms with van der Waals surface area (Å²) in [6, 6.07) is 61.0. The summed E-state index contributed by atoms with van der Waals surface area (Å²) in [5, 5.41) is 10.9. The van der Waals surface area contributed by atoms with Crippen molar-refractivity contribution in [3.8, 4) is 45.3 Å². The lowest BCUT2D eigenvalue weighted by molar-refractivity contribution is 0.669. The molecular formula is C51H29N3O2. The van der Waals surface area contributed by atoms with Gasteiger partial charge in [-0.15, -0.1) is 0 Å². The standard InChI is InChI=1S/C51H29N3O2/c1-2-13-31(14-3-1)49-52-50(38-21-10-17-30-12-6-7-18-35(30)38)54-51(53-49)39-22-11-23-45-47(39)43-29-40(36-19-8-9-20-37(36)48(43)56-45)34-24-25-44-41(27-34)42-26-32-15-4-5-16-33(32)28-46(42)55-44/h1-29H. The summed E-state index contributed by atoms with van der Waals surface area (Å²) in [6.45, 7) is 0. The van der Waals surface area contributed by atoms with E-state index in [4.69, 9.17) is 23.8 Å². The molecule has 0 radical (unpaired) electrons. The average molecular weight is 716 g/mol. The van der Waals surface area contributed by atoms with Gasteiger partial charge in [-0.05, 0) is 74.5 Å². The van der Waals surface area contributed by atoms with Crippen LogP contribution >= 0.6 is 0 Å². The second-order valence-electron chi connectivity index (χ2n) is 14.3. The van der Waals surface area contributed by atoms with Gasteiger partial charge in [0.25, 0.3) is 0 Å². The zero-order valence-electron chi connectivity index (χ0n) is 29.9. The van der Waals surface area contributed by atoms with E-state index in [9.17, 15) is 0 Å². The fourth-order valence-corrected chi connectivity index (χ4v) is 8.46. The van der Waals surface area contributed by atoms with E-state index >= 15 is 0 Å². The molecule has 0 aliphatic rings. The molecule has 0 saturated carbocycles. The molecule has 0 unspecified atom stereocenters. The molecule has 0 aliphatic carbocycles. The summed E-state index contributed by atoms with van der Waals surface area (Å²) >= 11 is 0. The van der Waals surface area contributed by atoms with Crippen molar-refractivity contribution >= 4 is 76.2 Å². The van der Waals surface area contributed by atoms with E-state index in [1.807, 2.05) is 42.5 Å². The Bertz CT molecular complexity index is 3540. The number of nitrogens with zero attached hydrogens (tertiary/aromatic N) is 3. The van der Waals surface area contributed by atoms with Crippen LogP contribution in [-0.2, 0) is 0 Å². The van der Waals surface area contributed by atoms with Crippen molar-refractivity contribution in [2.24, 2.45) is 0 Å². The van der Waals surface area contributed by atoms with E-state index in [1.54, 1.807) is 0 Å².